The maximum atomic E-state index is 5.46. The number of methoxy groups -OCH3 is 1. The Balaban J connectivity index is 2.32. The first kappa shape index (κ1) is 13.7. The van der Waals surface area contributed by atoms with Crippen LogP contribution in [-0.2, 0) is 9.47 Å². The lowest BCUT2D eigenvalue weighted by molar-refractivity contribution is 0.0369. The highest BCUT2D eigenvalue weighted by Gasteiger charge is 2.28. The quantitative estimate of drug-likeness (QED) is 0.726. The average Bonchev–Trinajstić information content (AvgIpc) is 2.17. The van der Waals surface area contributed by atoms with Gasteiger partial charge < -0.3 is 20.1 Å². The van der Waals surface area contributed by atoms with Gasteiger partial charge in [0.15, 0.2) is 5.11 Å². The van der Waals surface area contributed by atoms with Crippen LogP contribution in [0.15, 0.2) is 0 Å². The third kappa shape index (κ3) is 4.63. The summed E-state index contributed by atoms with van der Waals surface area (Å²) < 4.78 is 10.5. The minimum absolute atomic E-state index is 0.0326. The fraction of sp³-hybridized carbons (Fsp3) is 0.909. The number of hydrogen-bond donors (Lipinski definition) is 2. The van der Waals surface area contributed by atoms with Crippen LogP contribution in [0.2, 0.25) is 0 Å². The van der Waals surface area contributed by atoms with E-state index in [4.69, 9.17) is 21.7 Å². The van der Waals surface area contributed by atoms with E-state index < -0.39 is 0 Å². The monoisotopic (exact) mass is 246 g/mol. The fourth-order valence-electron chi connectivity index (χ4n) is 1.86. The summed E-state index contributed by atoms with van der Waals surface area (Å²) >= 11 is 5.26. The second kappa shape index (κ2) is 6.37. The highest BCUT2D eigenvalue weighted by molar-refractivity contribution is 7.80. The maximum absolute atomic E-state index is 5.46. The number of rotatable bonds is 4. The molecule has 0 aromatic carbocycles. The van der Waals surface area contributed by atoms with Crippen molar-refractivity contribution in [1.82, 2.24) is 10.6 Å². The summed E-state index contributed by atoms with van der Waals surface area (Å²) in [5, 5.41) is 7.20. The van der Waals surface area contributed by atoms with Gasteiger partial charge in [-0.1, -0.05) is 0 Å². The van der Waals surface area contributed by atoms with E-state index >= 15 is 0 Å². The van der Waals surface area contributed by atoms with Gasteiger partial charge in [-0.2, -0.15) is 0 Å². The van der Waals surface area contributed by atoms with Gasteiger partial charge in [-0.15, -0.1) is 0 Å². The first-order valence-electron chi connectivity index (χ1n) is 5.71. The van der Waals surface area contributed by atoms with Crippen molar-refractivity contribution in [2.75, 3.05) is 26.9 Å². The molecule has 1 saturated heterocycles. The molecule has 2 N–H and O–H groups in total. The van der Waals surface area contributed by atoms with E-state index in [2.05, 4.69) is 17.6 Å². The van der Waals surface area contributed by atoms with E-state index in [1.165, 1.54) is 0 Å². The summed E-state index contributed by atoms with van der Waals surface area (Å²) in [7, 11) is 1.69. The molecule has 0 amide bonds. The molecule has 0 bridgehead atoms. The molecule has 5 heteroatoms. The Hall–Kier alpha value is -0.390. The third-order valence-electron chi connectivity index (χ3n) is 2.65. The minimum atomic E-state index is -0.0326. The predicted octanol–water partition coefficient (Wildman–Crippen LogP) is 1.05. The van der Waals surface area contributed by atoms with Crippen LogP contribution >= 0.6 is 12.2 Å². The van der Waals surface area contributed by atoms with Gasteiger partial charge in [0.05, 0.1) is 18.8 Å². The van der Waals surface area contributed by atoms with Gasteiger partial charge in [-0.25, -0.2) is 0 Å². The summed E-state index contributed by atoms with van der Waals surface area (Å²) in [6.07, 6.45) is 2.17. The Bertz CT molecular complexity index is 230. The molecule has 94 valence electrons. The molecule has 2 atom stereocenters. The smallest absolute Gasteiger partial charge is 0.167 e. The molecule has 0 spiro atoms. The Morgan fingerprint density at radius 3 is 2.94 bits per heavy atom. The summed E-state index contributed by atoms with van der Waals surface area (Å²) in [6, 6.07) is 0.220. The summed E-state index contributed by atoms with van der Waals surface area (Å²) in [6.45, 7) is 6.40. The molecule has 1 rings (SSSR count). The summed E-state index contributed by atoms with van der Waals surface area (Å²) in [4.78, 5) is 0. The topological polar surface area (TPSA) is 42.5 Å². The molecule has 1 aliphatic heterocycles. The number of ether oxygens (including phenoxy) is 2. The number of thiocarbonyl (C=S) groups is 1. The highest BCUT2D eigenvalue weighted by atomic mass is 32.1. The molecule has 0 saturated carbocycles. The molecule has 0 aliphatic carbocycles. The van der Waals surface area contributed by atoms with E-state index in [1.807, 2.05) is 6.92 Å². The maximum Gasteiger partial charge on any atom is 0.167 e. The van der Waals surface area contributed by atoms with Gasteiger partial charge in [0.25, 0.3) is 0 Å². The van der Waals surface area contributed by atoms with Crippen molar-refractivity contribution in [2.45, 2.75) is 38.3 Å². The Morgan fingerprint density at radius 2 is 2.38 bits per heavy atom. The lowest BCUT2D eigenvalue weighted by atomic mass is 9.95. The largest absolute Gasteiger partial charge is 0.383 e. The van der Waals surface area contributed by atoms with Crippen molar-refractivity contribution in [2.24, 2.45) is 0 Å². The van der Waals surface area contributed by atoms with Crippen LogP contribution < -0.4 is 10.6 Å². The molecule has 1 fully saturated rings. The van der Waals surface area contributed by atoms with Gasteiger partial charge >= 0.3 is 0 Å². The van der Waals surface area contributed by atoms with Crippen molar-refractivity contribution in [3.05, 3.63) is 0 Å². The zero-order valence-electron chi connectivity index (χ0n) is 10.3. The second-order valence-corrected chi connectivity index (χ2v) is 5.08. The molecule has 1 heterocycles. The van der Waals surface area contributed by atoms with Crippen molar-refractivity contribution in [1.29, 1.82) is 0 Å². The lowest BCUT2D eigenvalue weighted by Crippen LogP contribution is -2.56. The van der Waals surface area contributed by atoms with E-state index in [1.54, 1.807) is 7.11 Å². The summed E-state index contributed by atoms with van der Waals surface area (Å²) in [5.74, 6) is 0. The third-order valence-corrected chi connectivity index (χ3v) is 2.87. The van der Waals surface area contributed by atoms with Crippen LogP contribution in [-0.4, -0.2) is 43.6 Å². The van der Waals surface area contributed by atoms with Gasteiger partial charge in [0.1, 0.15) is 0 Å². The predicted molar refractivity (Wildman–Crippen MR) is 68.7 cm³/mol. The van der Waals surface area contributed by atoms with Crippen molar-refractivity contribution in [3.63, 3.8) is 0 Å². The first-order valence-corrected chi connectivity index (χ1v) is 6.12. The van der Waals surface area contributed by atoms with Crippen LogP contribution in [0.4, 0.5) is 0 Å². The molecule has 16 heavy (non-hydrogen) atoms. The fourth-order valence-corrected chi connectivity index (χ4v) is 2.31. The lowest BCUT2D eigenvalue weighted by Gasteiger charge is -2.35. The second-order valence-electron chi connectivity index (χ2n) is 4.67. The zero-order chi connectivity index (χ0) is 12.0. The summed E-state index contributed by atoms with van der Waals surface area (Å²) in [5.41, 5.74) is -0.0326. The molecule has 2 unspecified atom stereocenters. The molecular formula is C11H22N2O2S. The van der Waals surface area contributed by atoms with Gasteiger partial charge in [0.2, 0.25) is 0 Å². The number of nitrogens with one attached hydrogen (secondary N) is 2. The van der Waals surface area contributed by atoms with E-state index in [9.17, 15) is 0 Å². The molecule has 4 nitrogen and oxygen atoms in total. The SMILES string of the molecule is COCC(C)NC(=S)NC1(C)CCCOC1. The molecule has 0 aromatic rings. The highest BCUT2D eigenvalue weighted by Crippen LogP contribution is 2.17. The Morgan fingerprint density at radius 1 is 1.62 bits per heavy atom. The van der Waals surface area contributed by atoms with E-state index in [0.29, 0.717) is 18.3 Å². The van der Waals surface area contributed by atoms with Crippen molar-refractivity contribution >= 4 is 17.3 Å². The number of hydrogen-bond acceptors (Lipinski definition) is 3. The van der Waals surface area contributed by atoms with Crippen LogP contribution in [0.5, 0.6) is 0 Å². The Labute approximate surface area is 103 Å². The molecular weight excluding hydrogens is 224 g/mol. The standard InChI is InChI=1S/C11H22N2O2S/c1-9(7-14-3)12-10(16)13-11(2)5-4-6-15-8-11/h9H,4-8H2,1-3H3,(H2,12,13,16). The molecule has 0 aromatic heterocycles. The van der Waals surface area contributed by atoms with Gasteiger partial charge in [0, 0.05) is 19.8 Å². The zero-order valence-corrected chi connectivity index (χ0v) is 11.2. The van der Waals surface area contributed by atoms with E-state index in [0.717, 1.165) is 19.4 Å². The average molecular weight is 246 g/mol. The van der Waals surface area contributed by atoms with Crippen LogP contribution in [0.3, 0.4) is 0 Å². The van der Waals surface area contributed by atoms with Gasteiger partial charge in [-0.05, 0) is 38.9 Å². The molecule has 0 radical (unpaired) electrons. The first-order chi connectivity index (χ1) is 7.56. The van der Waals surface area contributed by atoms with Gasteiger partial charge in [-0.3, -0.25) is 0 Å². The molecule has 1 aliphatic rings. The Kier molecular flexibility index (Phi) is 5.44. The van der Waals surface area contributed by atoms with Crippen LogP contribution in [0, 0.1) is 0 Å². The van der Waals surface area contributed by atoms with E-state index in [-0.39, 0.29) is 11.6 Å². The van der Waals surface area contributed by atoms with Crippen LogP contribution in [0.1, 0.15) is 26.7 Å². The van der Waals surface area contributed by atoms with Crippen molar-refractivity contribution in [3.8, 4) is 0 Å². The van der Waals surface area contributed by atoms with Crippen molar-refractivity contribution < 1.29 is 9.47 Å². The normalized spacial score (nSPS) is 27.2. The van der Waals surface area contributed by atoms with Crippen LogP contribution in [0.25, 0.3) is 0 Å². The minimum Gasteiger partial charge on any atom is -0.383 e.